The summed E-state index contributed by atoms with van der Waals surface area (Å²) in [7, 11) is 0. The maximum atomic E-state index is 5.92. The Morgan fingerprint density at radius 3 is 2.64 bits per heavy atom. The first-order chi connectivity index (χ1) is 9.99. The first-order valence-corrected chi connectivity index (χ1v) is 8.04. The number of hydrogen-bond donors (Lipinski definition) is 3. The molecule has 1 aromatic heterocycles. The van der Waals surface area contributed by atoms with Crippen LogP contribution in [-0.2, 0) is 6.42 Å². The molecule has 0 amide bonds. The highest BCUT2D eigenvalue weighted by Crippen LogP contribution is 2.08. The van der Waals surface area contributed by atoms with Crippen molar-refractivity contribution in [2.75, 3.05) is 6.54 Å². The fourth-order valence-corrected chi connectivity index (χ4v) is 2.30. The number of hydrogen-bond acceptors (Lipinski definition) is 2. The number of aryl methyl sites for hydroxylation is 2. The van der Waals surface area contributed by atoms with Crippen molar-refractivity contribution in [1.82, 2.24) is 15.5 Å². The minimum absolute atomic E-state index is 0. The fourth-order valence-electron chi connectivity index (χ4n) is 2.30. The number of nitrogens with one attached hydrogen (secondary N) is 2. The van der Waals surface area contributed by atoms with E-state index in [2.05, 4.69) is 41.3 Å². The third-order valence-corrected chi connectivity index (χ3v) is 3.63. The smallest absolute Gasteiger partial charge is 0.188 e. The van der Waals surface area contributed by atoms with Crippen molar-refractivity contribution in [2.24, 2.45) is 16.6 Å². The molecule has 0 spiro atoms. The van der Waals surface area contributed by atoms with Crippen LogP contribution in [0.2, 0.25) is 0 Å². The molecule has 0 aliphatic heterocycles. The summed E-state index contributed by atoms with van der Waals surface area (Å²) in [6.07, 6.45) is 7.51. The number of guanidine groups is 1. The lowest BCUT2D eigenvalue weighted by atomic mass is 10.0. The number of rotatable bonds is 9. The number of halogens is 1. The SMILES string of the molecule is Cc1[nH]ncc1CCCN=C(N)NC(C)CCCC(C)C.I. The maximum Gasteiger partial charge on any atom is 0.188 e. The van der Waals surface area contributed by atoms with Crippen LogP contribution in [-0.4, -0.2) is 28.7 Å². The van der Waals surface area contributed by atoms with Gasteiger partial charge in [0.15, 0.2) is 5.96 Å². The van der Waals surface area contributed by atoms with Crippen LogP contribution in [0.15, 0.2) is 11.2 Å². The molecule has 1 aromatic rings. The highest BCUT2D eigenvalue weighted by atomic mass is 127. The van der Waals surface area contributed by atoms with Crippen LogP contribution < -0.4 is 11.1 Å². The van der Waals surface area contributed by atoms with E-state index in [1.54, 1.807) is 0 Å². The lowest BCUT2D eigenvalue weighted by molar-refractivity contribution is 0.493. The summed E-state index contributed by atoms with van der Waals surface area (Å²) in [6, 6.07) is 0.392. The maximum absolute atomic E-state index is 5.92. The number of aromatic amines is 1. The minimum atomic E-state index is 0. The number of aromatic nitrogens is 2. The normalized spacial score (nSPS) is 13.0. The summed E-state index contributed by atoms with van der Waals surface area (Å²) in [4.78, 5) is 4.39. The Labute approximate surface area is 152 Å². The van der Waals surface area contributed by atoms with Crippen molar-refractivity contribution in [3.8, 4) is 0 Å². The van der Waals surface area contributed by atoms with E-state index in [0.29, 0.717) is 12.0 Å². The summed E-state index contributed by atoms with van der Waals surface area (Å²) >= 11 is 0. The molecule has 0 aromatic carbocycles. The number of H-pyrrole nitrogens is 1. The van der Waals surface area contributed by atoms with Gasteiger partial charge in [-0.3, -0.25) is 10.1 Å². The van der Waals surface area contributed by atoms with Crippen LogP contribution >= 0.6 is 24.0 Å². The van der Waals surface area contributed by atoms with E-state index in [9.17, 15) is 0 Å². The van der Waals surface area contributed by atoms with Gasteiger partial charge in [-0.15, -0.1) is 24.0 Å². The Kier molecular flexibility index (Phi) is 11.3. The van der Waals surface area contributed by atoms with Crippen LogP contribution in [0, 0.1) is 12.8 Å². The largest absolute Gasteiger partial charge is 0.370 e. The second kappa shape index (κ2) is 11.7. The van der Waals surface area contributed by atoms with Gasteiger partial charge in [-0.2, -0.15) is 5.10 Å². The van der Waals surface area contributed by atoms with Gasteiger partial charge in [0.1, 0.15) is 0 Å². The second-order valence-electron chi connectivity index (χ2n) is 6.26. The summed E-state index contributed by atoms with van der Waals surface area (Å²) in [6.45, 7) is 9.48. The Balaban J connectivity index is 0.00000441. The van der Waals surface area contributed by atoms with Crippen molar-refractivity contribution in [3.63, 3.8) is 0 Å². The lowest BCUT2D eigenvalue weighted by Crippen LogP contribution is -2.38. The third-order valence-electron chi connectivity index (χ3n) is 3.63. The lowest BCUT2D eigenvalue weighted by Gasteiger charge is -2.15. The molecule has 0 saturated heterocycles. The quantitative estimate of drug-likeness (QED) is 0.248. The van der Waals surface area contributed by atoms with Crippen LogP contribution in [0.4, 0.5) is 0 Å². The summed E-state index contributed by atoms with van der Waals surface area (Å²) in [5.41, 5.74) is 8.32. The molecule has 5 nitrogen and oxygen atoms in total. The average molecular weight is 421 g/mol. The van der Waals surface area contributed by atoms with Crippen LogP contribution in [0.1, 0.15) is 57.7 Å². The highest BCUT2D eigenvalue weighted by molar-refractivity contribution is 14.0. The molecule has 128 valence electrons. The minimum Gasteiger partial charge on any atom is -0.370 e. The monoisotopic (exact) mass is 421 g/mol. The van der Waals surface area contributed by atoms with Gasteiger partial charge < -0.3 is 11.1 Å². The van der Waals surface area contributed by atoms with Crippen molar-refractivity contribution in [2.45, 2.75) is 65.8 Å². The molecule has 1 rings (SSSR count). The molecular formula is C16H32IN5. The highest BCUT2D eigenvalue weighted by Gasteiger charge is 2.04. The van der Waals surface area contributed by atoms with Gasteiger partial charge in [0.2, 0.25) is 0 Å². The van der Waals surface area contributed by atoms with Gasteiger partial charge in [-0.1, -0.05) is 26.7 Å². The van der Waals surface area contributed by atoms with E-state index in [-0.39, 0.29) is 24.0 Å². The zero-order valence-corrected chi connectivity index (χ0v) is 16.7. The van der Waals surface area contributed by atoms with Gasteiger partial charge in [0.25, 0.3) is 0 Å². The average Bonchev–Trinajstić information content (AvgIpc) is 2.80. The Morgan fingerprint density at radius 1 is 1.32 bits per heavy atom. The summed E-state index contributed by atoms with van der Waals surface area (Å²) in [5.74, 6) is 1.34. The van der Waals surface area contributed by atoms with Crippen molar-refractivity contribution >= 4 is 29.9 Å². The van der Waals surface area contributed by atoms with Crippen molar-refractivity contribution < 1.29 is 0 Å². The Morgan fingerprint density at radius 2 is 2.05 bits per heavy atom. The van der Waals surface area contributed by atoms with Gasteiger partial charge in [-0.05, 0) is 44.6 Å². The summed E-state index contributed by atoms with van der Waals surface area (Å²) < 4.78 is 0. The Hall–Kier alpha value is -0.790. The Bertz CT molecular complexity index is 428. The molecule has 4 N–H and O–H groups in total. The van der Waals surface area contributed by atoms with E-state index in [1.807, 2.05) is 13.1 Å². The first-order valence-electron chi connectivity index (χ1n) is 8.04. The van der Waals surface area contributed by atoms with Crippen molar-refractivity contribution in [1.29, 1.82) is 0 Å². The molecule has 1 unspecified atom stereocenters. The molecule has 0 bridgehead atoms. The van der Waals surface area contributed by atoms with Crippen LogP contribution in [0.5, 0.6) is 0 Å². The standard InChI is InChI=1S/C16H31N5.HI/c1-12(2)7-5-8-13(3)20-16(17)18-10-6-9-15-11-19-21-14(15)4;/h11-13H,5-10H2,1-4H3,(H,19,21)(H3,17,18,20);1H. The molecule has 0 saturated carbocycles. The van der Waals surface area contributed by atoms with E-state index in [4.69, 9.17) is 5.73 Å². The topological polar surface area (TPSA) is 79.1 Å². The molecule has 22 heavy (non-hydrogen) atoms. The third kappa shape index (κ3) is 9.27. The van der Waals surface area contributed by atoms with E-state index < -0.39 is 0 Å². The predicted molar refractivity (Wildman–Crippen MR) is 105 cm³/mol. The zero-order chi connectivity index (χ0) is 15.7. The predicted octanol–water partition coefficient (Wildman–Crippen LogP) is 3.39. The van der Waals surface area contributed by atoms with Gasteiger partial charge in [0.05, 0.1) is 6.20 Å². The first kappa shape index (κ1) is 21.2. The molecule has 0 radical (unpaired) electrons. The number of nitrogens with two attached hydrogens (primary N) is 1. The molecule has 1 heterocycles. The van der Waals surface area contributed by atoms with Crippen LogP contribution in [0.25, 0.3) is 0 Å². The van der Waals surface area contributed by atoms with Gasteiger partial charge in [-0.25, -0.2) is 0 Å². The van der Waals surface area contributed by atoms with E-state index >= 15 is 0 Å². The summed E-state index contributed by atoms with van der Waals surface area (Å²) in [5, 5.41) is 10.2. The van der Waals surface area contributed by atoms with E-state index in [0.717, 1.165) is 37.4 Å². The van der Waals surface area contributed by atoms with Gasteiger partial charge >= 0.3 is 0 Å². The molecular weight excluding hydrogens is 389 g/mol. The molecule has 6 heteroatoms. The van der Waals surface area contributed by atoms with Crippen LogP contribution in [0.3, 0.4) is 0 Å². The molecule has 0 aliphatic carbocycles. The van der Waals surface area contributed by atoms with E-state index in [1.165, 1.54) is 18.4 Å². The number of aliphatic imine (C=N–C) groups is 1. The van der Waals surface area contributed by atoms with Gasteiger partial charge in [0, 0.05) is 18.3 Å². The van der Waals surface area contributed by atoms with Crippen molar-refractivity contribution in [3.05, 3.63) is 17.5 Å². The number of nitrogens with zero attached hydrogens (tertiary/aromatic N) is 2. The molecule has 0 aliphatic rings. The zero-order valence-electron chi connectivity index (χ0n) is 14.4. The fraction of sp³-hybridized carbons (Fsp3) is 0.750. The molecule has 1 atom stereocenters. The second-order valence-corrected chi connectivity index (χ2v) is 6.26. The molecule has 0 fully saturated rings.